The van der Waals surface area contributed by atoms with E-state index in [-0.39, 0.29) is 41.8 Å². The van der Waals surface area contributed by atoms with Crippen molar-refractivity contribution in [3.8, 4) is 22.5 Å². The third kappa shape index (κ3) is 5.88. The summed E-state index contributed by atoms with van der Waals surface area (Å²) in [4.78, 5) is 9.10. The molecule has 2 aromatic carbocycles. The molecule has 211 valence electrons. The minimum atomic E-state index is 0. The van der Waals surface area contributed by atoms with E-state index in [1.54, 1.807) is 6.20 Å². The number of nitrogens with zero attached hydrogens (tertiary/aromatic N) is 2. The van der Waals surface area contributed by atoms with Crippen LogP contribution in [0, 0.1) is 12.1 Å². The number of rotatable bonds is 2. The van der Waals surface area contributed by atoms with Crippen molar-refractivity contribution in [3.05, 3.63) is 107 Å². The molecule has 0 bridgehead atoms. The summed E-state index contributed by atoms with van der Waals surface area (Å²) < 4.78 is 0. The molecule has 2 aromatic heterocycles. The van der Waals surface area contributed by atoms with Gasteiger partial charge in [-0.15, -0.1) is 70.8 Å². The zero-order valence-electron chi connectivity index (χ0n) is 25.3. The largest absolute Gasteiger partial charge is 0.305 e. The molecule has 40 heavy (non-hydrogen) atoms. The van der Waals surface area contributed by atoms with Crippen molar-refractivity contribution in [3.63, 3.8) is 0 Å². The monoisotopic (exact) mass is 707 g/mol. The molecule has 0 saturated carbocycles. The summed E-state index contributed by atoms with van der Waals surface area (Å²) in [7, 11) is 0. The number of pyridine rings is 2. The fourth-order valence-electron chi connectivity index (χ4n) is 6.73. The van der Waals surface area contributed by atoms with Crippen LogP contribution in [0.25, 0.3) is 22.5 Å². The topological polar surface area (TPSA) is 25.8 Å². The minimum Gasteiger partial charge on any atom is -0.305 e. The fourth-order valence-corrected chi connectivity index (χ4v) is 6.73. The second-order valence-electron chi connectivity index (χ2n) is 14.0. The molecule has 0 spiro atoms. The van der Waals surface area contributed by atoms with Gasteiger partial charge in [0.1, 0.15) is 0 Å². The normalized spacial score (nSPS) is 18.8. The van der Waals surface area contributed by atoms with E-state index in [4.69, 9.17) is 4.98 Å². The first-order chi connectivity index (χ1) is 18.3. The van der Waals surface area contributed by atoms with Crippen LogP contribution in [-0.2, 0) is 41.8 Å². The number of aromatic nitrogens is 2. The van der Waals surface area contributed by atoms with E-state index in [2.05, 4.69) is 96.9 Å². The van der Waals surface area contributed by atoms with Gasteiger partial charge in [-0.25, -0.2) is 0 Å². The average molecular weight is 707 g/mol. The van der Waals surface area contributed by atoms with Gasteiger partial charge in [0.05, 0.1) is 0 Å². The van der Waals surface area contributed by atoms with Crippen molar-refractivity contribution >= 4 is 0 Å². The predicted octanol–water partition coefficient (Wildman–Crippen LogP) is 9.40. The molecule has 0 saturated heterocycles. The Bertz CT molecular complexity index is 1430. The Morgan fingerprint density at radius 1 is 0.600 bits per heavy atom. The summed E-state index contributed by atoms with van der Waals surface area (Å²) in [6.07, 6.45) is 7.56. The van der Waals surface area contributed by atoms with Gasteiger partial charge in [0.15, 0.2) is 0 Å². The maximum atomic E-state index is 4.88. The SMILES string of the molecule is CC1(C)CCC(C)(C)c2cc(-c3cc4c(cn3)C(C)(C)CC4(C)C)[c-]cc21.[Ir].[c-]1ccccc1-c1ccccn1. The van der Waals surface area contributed by atoms with Crippen molar-refractivity contribution in [2.24, 2.45) is 0 Å². The molecule has 0 unspecified atom stereocenters. The van der Waals surface area contributed by atoms with Gasteiger partial charge in [-0.3, -0.25) is 0 Å². The Labute approximate surface area is 255 Å². The van der Waals surface area contributed by atoms with Gasteiger partial charge >= 0.3 is 0 Å². The zero-order chi connectivity index (χ0) is 28.1. The maximum absolute atomic E-state index is 4.88. The van der Waals surface area contributed by atoms with Crippen LogP contribution in [0.1, 0.15) is 96.9 Å². The Kier molecular flexibility index (Phi) is 8.34. The summed E-state index contributed by atoms with van der Waals surface area (Å²) in [5.74, 6) is 0. The van der Waals surface area contributed by atoms with Crippen molar-refractivity contribution in [2.75, 3.05) is 0 Å². The summed E-state index contributed by atoms with van der Waals surface area (Å²) in [6, 6.07) is 27.4. The van der Waals surface area contributed by atoms with Crippen molar-refractivity contribution < 1.29 is 20.1 Å². The van der Waals surface area contributed by atoms with Crippen molar-refractivity contribution in [1.29, 1.82) is 0 Å². The van der Waals surface area contributed by atoms with E-state index in [0.717, 1.165) is 22.5 Å². The molecule has 3 heteroatoms. The molecule has 0 fully saturated rings. The third-order valence-corrected chi connectivity index (χ3v) is 8.96. The van der Waals surface area contributed by atoms with Crippen LogP contribution in [0.4, 0.5) is 0 Å². The second-order valence-corrected chi connectivity index (χ2v) is 14.0. The molecule has 0 amide bonds. The zero-order valence-corrected chi connectivity index (χ0v) is 27.7. The predicted molar refractivity (Wildman–Crippen MR) is 163 cm³/mol. The van der Waals surface area contributed by atoms with E-state index in [0.29, 0.717) is 0 Å². The molecular weight excluding hydrogens is 665 g/mol. The minimum absolute atomic E-state index is 0. The summed E-state index contributed by atoms with van der Waals surface area (Å²) in [5.41, 5.74) is 10.9. The third-order valence-electron chi connectivity index (χ3n) is 8.96. The van der Waals surface area contributed by atoms with Crippen LogP contribution in [0.3, 0.4) is 0 Å². The molecule has 0 N–H and O–H groups in total. The molecule has 1 radical (unpaired) electrons. The van der Waals surface area contributed by atoms with E-state index in [1.807, 2.05) is 42.5 Å². The smallest absolute Gasteiger partial charge is 0.0201 e. The molecular formula is C37H42IrN2-2. The summed E-state index contributed by atoms with van der Waals surface area (Å²) in [6.45, 7) is 18.9. The Morgan fingerprint density at radius 2 is 1.25 bits per heavy atom. The Morgan fingerprint density at radius 3 is 1.90 bits per heavy atom. The fraction of sp³-hybridized carbons (Fsp3) is 0.405. The van der Waals surface area contributed by atoms with E-state index < -0.39 is 0 Å². The second kappa shape index (κ2) is 11.0. The van der Waals surface area contributed by atoms with Crippen LogP contribution in [0.15, 0.2) is 73.1 Å². The van der Waals surface area contributed by atoms with Gasteiger partial charge in [-0.1, -0.05) is 80.0 Å². The van der Waals surface area contributed by atoms with Crippen LogP contribution in [-0.4, -0.2) is 9.97 Å². The first kappa shape index (κ1) is 30.4. The maximum Gasteiger partial charge on any atom is 0.0201 e. The Hall–Kier alpha value is -2.61. The van der Waals surface area contributed by atoms with E-state index >= 15 is 0 Å². The van der Waals surface area contributed by atoms with Crippen molar-refractivity contribution in [2.45, 2.75) is 96.3 Å². The number of hydrogen-bond donors (Lipinski definition) is 0. The van der Waals surface area contributed by atoms with Crippen LogP contribution in [0.2, 0.25) is 0 Å². The molecule has 2 aliphatic rings. The molecule has 2 heterocycles. The van der Waals surface area contributed by atoms with Gasteiger partial charge in [0.25, 0.3) is 0 Å². The molecule has 2 aliphatic carbocycles. The number of hydrogen-bond acceptors (Lipinski definition) is 2. The van der Waals surface area contributed by atoms with Gasteiger partial charge in [0, 0.05) is 32.5 Å². The number of fused-ring (bicyclic) bond motifs is 2. The molecule has 0 aliphatic heterocycles. The van der Waals surface area contributed by atoms with E-state index in [1.165, 1.54) is 41.5 Å². The first-order valence-corrected chi connectivity index (χ1v) is 14.3. The molecule has 4 aromatic rings. The average Bonchev–Trinajstić information content (AvgIpc) is 3.11. The molecule has 6 rings (SSSR count). The summed E-state index contributed by atoms with van der Waals surface area (Å²) in [5, 5.41) is 0. The van der Waals surface area contributed by atoms with Crippen molar-refractivity contribution in [1.82, 2.24) is 9.97 Å². The first-order valence-electron chi connectivity index (χ1n) is 14.3. The summed E-state index contributed by atoms with van der Waals surface area (Å²) >= 11 is 0. The molecule has 0 atom stereocenters. The van der Waals surface area contributed by atoms with Crippen LogP contribution in [0.5, 0.6) is 0 Å². The quantitative estimate of drug-likeness (QED) is 0.194. The Balaban J connectivity index is 0.000000238. The van der Waals surface area contributed by atoms with E-state index in [9.17, 15) is 0 Å². The molecule has 2 nitrogen and oxygen atoms in total. The number of benzene rings is 2. The van der Waals surface area contributed by atoms with Crippen LogP contribution >= 0.6 is 0 Å². The van der Waals surface area contributed by atoms with Gasteiger partial charge < -0.3 is 9.97 Å². The van der Waals surface area contributed by atoms with Crippen LogP contribution < -0.4 is 0 Å². The van der Waals surface area contributed by atoms with Gasteiger partial charge in [-0.05, 0) is 63.1 Å². The van der Waals surface area contributed by atoms with Gasteiger partial charge in [0.2, 0.25) is 0 Å². The standard InChI is InChI=1S/C26H34N.C11H8N.Ir/c1-23(2)11-12-24(3,4)19-13-17(9-10-18(19)23)22-14-20-21(15-27-22)26(7,8)16-25(20,5)6;1-2-6-10(7-3-1)11-8-4-5-9-12-11;/h10,13-15H,11-12,16H2,1-8H3;1-6,8-9H;/q2*-1;. The van der Waals surface area contributed by atoms with Gasteiger partial charge in [-0.2, -0.15) is 0 Å².